The molecule has 2 aliphatic rings. The van der Waals surface area contributed by atoms with Crippen LogP contribution in [0.2, 0.25) is 0 Å². The molecule has 0 spiro atoms. The van der Waals surface area contributed by atoms with Crippen LogP contribution in [0.4, 0.5) is 5.69 Å². The van der Waals surface area contributed by atoms with Crippen molar-refractivity contribution in [2.24, 2.45) is 0 Å². The standard InChI is InChI=1S/C29H38N6/c1-20(2)32-22(4)23-9-8-21(3)29(14-23)24-16-31-35(19-24)28-15-26(17-30-18-28)33-25-10-12-34(13-11-25)27-6-5-7-27/h8-9,14-20,25,27,32-33H,4-7,10-13H2,1-3H3. The molecule has 1 aliphatic carbocycles. The molecular weight excluding hydrogens is 432 g/mol. The van der Waals surface area contributed by atoms with E-state index < -0.39 is 0 Å². The van der Waals surface area contributed by atoms with Crippen LogP contribution in [0.1, 0.15) is 57.1 Å². The first-order valence-corrected chi connectivity index (χ1v) is 13.0. The highest BCUT2D eigenvalue weighted by Gasteiger charge is 2.28. The minimum absolute atomic E-state index is 0.346. The van der Waals surface area contributed by atoms with E-state index in [9.17, 15) is 0 Å². The molecule has 3 heterocycles. The van der Waals surface area contributed by atoms with E-state index in [4.69, 9.17) is 0 Å². The second-order valence-electron chi connectivity index (χ2n) is 10.5. The molecule has 35 heavy (non-hydrogen) atoms. The van der Waals surface area contributed by atoms with Gasteiger partial charge < -0.3 is 15.5 Å². The summed E-state index contributed by atoms with van der Waals surface area (Å²) < 4.78 is 1.92. The van der Waals surface area contributed by atoms with Gasteiger partial charge in [0.05, 0.1) is 30.0 Å². The first kappa shape index (κ1) is 23.6. The summed E-state index contributed by atoms with van der Waals surface area (Å²) in [5.41, 5.74) is 7.54. The van der Waals surface area contributed by atoms with Gasteiger partial charge in [0.25, 0.3) is 0 Å². The number of pyridine rings is 1. The molecule has 0 atom stereocenters. The van der Waals surface area contributed by atoms with E-state index in [2.05, 4.69) is 83.4 Å². The smallest absolute Gasteiger partial charge is 0.0849 e. The van der Waals surface area contributed by atoms with Crippen molar-refractivity contribution in [1.29, 1.82) is 0 Å². The monoisotopic (exact) mass is 470 g/mol. The number of aryl methyl sites for hydroxylation is 1. The first-order valence-electron chi connectivity index (χ1n) is 13.0. The van der Waals surface area contributed by atoms with Gasteiger partial charge in [0.1, 0.15) is 0 Å². The van der Waals surface area contributed by atoms with Crippen LogP contribution >= 0.6 is 0 Å². The van der Waals surface area contributed by atoms with E-state index in [0.29, 0.717) is 12.1 Å². The highest BCUT2D eigenvalue weighted by molar-refractivity contribution is 5.73. The van der Waals surface area contributed by atoms with Crippen molar-refractivity contribution in [1.82, 2.24) is 25.0 Å². The zero-order valence-corrected chi connectivity index (χ0v) is 21.3. The average molecular weight is 471 g/mol. The summed E-state index contributed by atoms with van der Waals surface area (Å²) in [6.45, 7) is 13.0. The minimum Gasteiger partial charge on any atom is -0.383 e. The lowest BCUT2D eigenvalue weighted by molar-refractivity contribution is 0.101. The second kappa shape index (κ2) is 10.2. The first-order chi connectivity index (χ1) is 17.0. The molecule has 0 unspecified atom stereocenters. The van der Waals surface area contributed by atoms with Gasteiger partial charge in [0, 0.05) is 48.7 Å². The van der Waals surface area contributed by atoms with E-state index in [1.54, 1.807) is 0 Å². The van der Waals surface area contributed by atoms with Crippen LogP contribution in [-0.4, -0.2) is 50.9 Å². The number of hydrogen-bond donors (Lipinski definition) is 2. The number of benzene rings is 1. The number of likely N-dealkylation sites (tertiary alicyclic amines) is 1. The summed E-state index contributed by atoms with van der Waals surface area (Å²) in [5, 5.41) is 11.8. The van der Waals surface area contributed by atoms with Crippen molar-refractivity contribution in [3.05, 3.63) is 66.8 Å². The van der Waals surface area contributed by atoms with Crippen molar-refractivity contribution in [3.63, 3.8) is 0 Å². The Balaban J connectivity index is 1.28. The number of aromatic nitrogens is 3. The lowest BCUT2D eigenvalue weighted by atomic mass is 9.89. The van der Waals surface area contributed by atoms with E-state index in [1.807, 2.05) is 23.3 Å². The summed E-state index contributed by atoms with van der Waals surface area (Å²) in [4.78, 5) is 7.19. The molecule has 2 N–H and O–H groups in total. The minimum atomic E-state index is 0.346. The van der Waals surface area contributed by atoms with Crippen LogP contribution < -0.4 is 10.6 Å². The van der Waals surface area contributed by atoms with Crippen molar-refractivity contribution in [2.45, 2.75) is 71.0 Å². The Labute approximate surface area is 209 Å². The van der Waals surface area contributed by atoms with Gasteiger partial charge in [-0.05, 0) is 75.3 Å². The summed E-state index contributed by atoms with van der Waals surface area (Å²) in [6.07, 6.45) is 14.4. The third-order valence-corrected chi connectivity index (χ3v) is 7.42. The Kier molecular flexibility index (Phi) is 6.91. The number of anilines is 1. The highest BCUT2D eigenvalue weighted by Crippen LogP contribution is 2.29. The molecule has 0 bridgehead atoms. The van der Waals surface area contributed by atoms with Gasteiger partial charge in [0.2, 0.25) is 0 Å². The van der Waals surface area contributed by atoms with Gasteiger partial charge in [-0.2, -0.15) is 5.10 Å². The van der Waals surface area contributed by atoms with E-state index in [1.165, 1.54) is 56.3 Å². The van der Waals surface area contributed by atoms with Gasteiger partial charge in [0.15, 0.2) is 0 Å². The second-order valence-corrected chi connectivity index (χ2v) is 10.5. The molecule has 2 fully saturated rings. The Bertz CT molecular complexity index is 1170. The summed E-state index contributed by atoms with van der Waals surface area (Å²) in [6, 6.07) is 10.3. The van der Waals surface area contributed by atoms with E-state index in [-0.39, 0.29) is 0 Å². The quantitative estimate of drug-likeness (QED) is 0.446. The number of nitrogens with one attached hydrogen (secondary N) is 2. The molecular formula is C29H38N6. The SMILES string of the molecule is C=C(NC(C)C)c1ccc(C)c(-c2cnn(-c3cncc(NC4CCN(C5CCC5)CC4)c3)c2)c1. The molecule has 184 valence electrons. The van der Waals surface area contributed by atoms with Crippen molar-refractivity contribution >= 4 is 11.4 Å². The van der Waals surface area contributed by atoms with Crippen molar-refractivity contribution < 1.29 is 0 Å². The van der Waals surface area contributed by atoms with Crippen LogP contribution in [0.25, 0.3) is 22.5 Å². The molecule has 0 amide bonds. The fourth-order valence-electron chi connectivity index (χ4n) is 5.18. The molecule has 1 aromatic carbocycles. The van der Waals surface area contributed by atoms with Crippen molar-refractivity contribution in [3.8, 4) is 16.8 Å². The molecule has 1 aliphatic heterocycles. The number of hydrogen-bond acceptors (Lipinski definition) is 5. The fourth-order valence-corrected chi connectivity index (χ4v) is 5.18. The molecule has 1 saturated carbocycles. The summed E-state index contributed by atoms with van der Waals surface area (Å²) in [7, 11) is 0. The Morgan fingerprint density at radius 3 is 2.57 bits per heavy atom. The maximum atomic E-state index is 4.66. The van der Waals surface area contributed by atoms with E-state index in [0.717, 1.165) is 34.2 Å². The number of nitrogens with zero attached hydrogens (tertiary/aromatic N) is 4. The van der Waals surface area contributed by atoms with Gasteiger partial charge in [-0.15, -0.1) is 0 Å². The Morgan fingerprint density at radius 2 is 1.86 bits per heavy atom. The lowest BCUT2D eigenvalue weighted by Gasteiger charge is -2.42. The molecule has 1 saturated heterocycles. The van der Waals surface area contributed by atoms with Gasteiger partial charge in [-0.25, -0.2) is 4.68 Å². The maximum Gasteiger partial charge on any atom is 0.0849 e. The molecule has 3 aromatic rings. The average Bonchev–Trinajstić information content (AvgIpc) is 3.29. The van der Waals surface area contributed by atoms with E-state index >= 15 is 0 Å². The zero-order chi connectivity index (χ0) is 24.4. The third kappa shape index (κ3) is 5.43. The topological polar surface area (TPSA) is 58.0 Å². The highest BCUT2D eigenvalue weighted by atomic mass is 15.3. The number of rotatable bonds is 8. The van der Waals surface area contributed by atoms with Crippen LogP contribution in [-0.2, 0) is 0 Å². The van der Waals surface area contributed by atoms with Crippen LogP contribution in [0.15, 0.2) is 55.6 Å². The predicted molar refractivity (Wildman–Crippen MR) is 145 cm³/mol. The molecule has 2 aromatic heterocycles. The zero-order valence-electron chi connectivity index (χ0n) is 21.3. The summed E-state index contributed by atoms with van der Waals surface area (Å²) >= 11 is 0. The molecule has 6 nitrogen and oxygen atoms in total. The Morgan fingerprint density at radius 1 is 1.06 bits per heavy atom. The molecule has 0 radical (unpaired) electrons. The Hall–Kier alpha value is -3.12. The summed E-state index contributed by atoms with van der Waals surface area (Å²) in [5.74, 6) is 0. The predicted octanol–water partition coefficient (Wildman–Crippen LogP) is 5.64. The molecule has 5 rings (SSSR count). The van der Waals surface area contributed by atoms with Gasteiger partial charge in [-0.1, -0.05) is 25.1 Å². The number of piperidine rings is 1. The normalized spacial score (nSPS) is 17.4. The van der Waals surface area contributed by atoms with Crippen LogP contribution in [0.3, 0.4) is 0 Å². The van der Waals surface area contributed by atoms with Gasteiger partial charge >= 0.3 is 0 Å². The fraction of sp³-hybridized carbons (Fsp3) is 0.448. The lowest BCUT2D eigenvalue weighted by Crippen LogP contribution is -2.47. The van der Waals surface area contributed by atoms with Crippen molar-refractivity contribution in [2.75, 3.05) is 18.4 Å². The van der Waals surface area contributed by atoms with Crippen LogP contribution in [0, 0.1) is 6.92 Å². The van der Waals surface area contributed by atoms with Crippen LogP contribution in [0.5, 0.6) is 0 Å². The maximum absolute atomic E-state index is 4.66. The van der Waals surface area contributed by atoms with Gasteiger partial charge in [-0.3, -0.25) is 4.98 Å². The molecule has 6 heteroatoms. The largest absolute Gasteiger partial charge is 0.383 e. The third-order valence-electron chi connectivity index (χ3n) is 7.42.